The van der Waals surface area contributed by atoms with E-state index >= 15 is 0 Å². The molecule has 0 unspecified atom stereocenters. The maximum atomic E-state index is 13.0. The van der Waals surface area contributed by atoms with E-state index in [0.29, 0.717) is 16.6 Å². The molecule has 3 amide bonds. The number of hydrogen-bond donors (Lipinski definition) is 3. The molecular formula is C27H30Cl3F3N4O2. The molecule has 39 heavy (non-hydrogen) atoms. The van der Waals surface area contributed by atoms with Gasteiger partial charge in [-0.15, -0.1) is 0 Å². The molecule has 3 N–H and O–H groups in total. The van der Waals surface area contributed by atoms with E-state index < -0.39 is 22.8 Å². The highest BCUT2D eigenvalue weighted by Gasteiger charge is 2.33. The van der Waals surface area contributed by atoms with Crippen molar-refractivity contribution in [3.8, 4) is 0 Å². The molecular weight excluding hydrogens is 576 g/mol. The van der Waals surface area contributed by atoms with Gasteiger partial charge in [0.15, 0.2) is 0 Å². The van der Waals surface area contributed by atoms with E-state index in [9.17, 15) is 22.8 Å². The Morgan fingerprint density at radius 1 is 0.949 bits per heavy atom. The van der Waals surface area contributed by atoms with Crippen LogP contribution in [0.5, 0.6) is 0 Å². The number of unbranched alkanes of at least 4 members (excludes halogenated alkanes) is 2. The minimum absolute atomic E-state index is 0.0281. The molecule has 1 heterocycles. The number of rotatable bonds is 10. The van der Waals surface area contributed by atoms with Crippen molar-refractivity contribution in [1.29, 1.82) is 0 Å². The zero-order valence-electron chi connectivity index (χ0n) is 21.1. The molecule has 1 aliphatic heterocycles. The van der Waals surface area contributed by atoms with Crippen molar-refractivity contribution in [2.75, 3.05) is 31.5 Å². The summed E-state index contributed by atoms with van der Waals surface area (Å²) in [5.74, 6) is -0.170. The number of benzene rings is 2. The average Bonchev–Trinajstić information content (AvgIpc) is 2.88. The molecule has 212 valence electrons. The van der Waals surface area contributed by atoms with Gasteiger partial charge in [0.1, 0.15) is 0 Å². The second-order valence-electron chi connectivity index (χ2n) is 9.27. The molecule has 0 spiro atoms. The summed E-state index contributed by atoms with van der Waals surface area (Å²) in [7, 11) is 0. The second kappa shape index (κ2) is 14.8. The van der Waals surface area contributed by atoms with Gasteiger partial charge in [-0.3, -0.25) is 4.79 Å². The third kappa shape index (κ3) is 10.6. The van der Waals surface area contributed by atoms with Gasteiger partial charge in [0, 0.05) is 37.4 Å². The van der Waals surface area contributed by atoms with Crippen molar-refractivity contribution in [3.63, 3.8) is 0 Å². The van der Waals surface area contributed by atoms with Gasteiger partial charge in [-0.25, -0.2) is 4.79 Å². The Kier molecular flexibility index (Phi) is 11.8. The third-order valence-electron chi connectivity index (χ3n) is 6.27. The van der Waals surface area contributed by atoms with Gasteiger partial charge in [-0.1, -0.05) is 47.3 Å². The molecule has 2 aromatic carbocycles. The standard InChI is InChI=1S/C27H30Cl3F3N4O2/c28-22-8-6-20(17-21(22)27(31,32)33)36-26(39)35-19-10-14-37(15-11-19)13-3-1-2-12-34-25(38)9-5-18-4-7-23(29)24(30)16-18/h4-9,16-17,19H,1-3,10-15H2,(H,34,38)(H2,35,36,39)/b9-5+. The van der Waals surface area contributed by atoms with Crippen LogP contribution in [0.4, 0.5) is 23.7 Å². The number of halogens is 6. The zero-order chi connectivity index (χ0) is 28.4. The predicted molar refractivity (Wildman–Crippen MR) is 150 cm³/mol. The summed E-state index contributed by atoms with van der Waals surface area (Å²) in [6.45, 7) is 3.15. The highest BCUT2D eigenvalue weighted by molar-refractivity contribution is 6.42. The summed E-state index contributed by atoms with van der Waals surface area (Å²) in [5.41, 5.74) is -0.171. The van der Waals surface area contributed by atoms with Crippen LogP contribution in [0.2, 0.25) is 15.1 Å². The van der Waals surface area contributed by atoms with Crippen LogP contribution in [-0.2, 0) is 11.0 Å². The number of urea groups is 1. The molecule has 0 atom stereocenters. The molecule has 0 aromatic heterocycles. The molecule has 12 heteroatoms. The summed E-state index contributed by atoms with van der Waals surface area (Å²) >= 11 is 17.5. The van der Waals surface area contributed by atoms with Gasteiger partial charge in [-0.05, 0) is 74.2 Å². The predicted octanol–water partition coefficient (Wildman–Crippen LogP) is 7.25. The minimum Gasteiger partial charge on any atom is -0.353 e. The molecule has 6 nitrogen and oxygen atoms in total. The maximum absolute atomic E-state index is 13.0. The number of carbonyl (C=O) groups excluding carboxylic acids is 2. The van der Waals surface area contributed by atoms with E-state index in [1.165, 1.54) is 12.1 Å². The average molecular weight is 606 g/mol. The number of anilines is 1. The molecule has 0 radical (unpaired) electrons. The SMILES string of the molecule is O=C(/C=C/c1ccc(Cl)c(Cl)c1)NCCCCCN1CCC(NC(=O)Nc2ccc(Cl)c(C(F)(F)F)c2)CC1. The number of carbonyl (C=O) groups is 2. The van der Waals surface area contributed by atoms with Crippen molar-refractivity contribution in [3.05, 3.63) is 68.7 Å². The zero-order valence-corrected chi connectivity index (χ0v) is 23.4. The van der Waals surface area contributed by atoms with E-state index in [0.717, 1.165) is 69.4 Å². The van der Waals surface area contributed by atoms with Crippen molar-refractivity contribution < 1.29 is 22.8 Å². The van der Waals surface area contributed by atoms with Crippen molar-refractivity contribution in [2.24, 2.45) is 0 Å². The molecule has 2 aromatic rings. The van der Waals surface area contributed by atoms with Crippen LogP contribution in [0.3, 0.4) is 0 Å². The maximum Gasteiger partial charge on any atom is 0.417 e. The summed E-state index contributed by atoms with van der Waals surface area (Å²) in [6.07, 6.45) is 2.88. The van der Waals surface area contributed by atoms with Gasteiger partial charge in [-0.2, -0.15) is 13.2 Å². The lowest BCUT2D eigenvalue weighted by Crippen LogP contribution is -2.46. The molecule has 1 aliphatic rings. The Bertz CT molecular complexity index is 1170. The molecule has 1 fully saturated rings. The van der Waals surface area contributed by atoms with Gasteiger partial charge in [0.05, 0.1) is 20.6 Å². The number of nitrogens with zero attached hydrogens (tertiary/aromatic N) is 1. The fourth-order valence-corrected chi connectivity index (χ4v) is 4.70. The number of alkyl halides is 3. The largest absolute Gasteiger partial charge is 0.417 e. The van der Waals surface area contributed by atoms with Crippen LogP contribution in [0.15, 0.2) is 42.5 Å². The van der Waals surface area contributed by atoms with Gasteiger partial charge in [0.2, 0.25) is 5.91 Å². The summed E-state index contributed by atoms with van der Waals surface area (Å²) in [4.78, 5) is 26.6. The van der Waals surface area contributed by atoms with E-state index in [1.54, 1.807) is 24.3 Å². The van der Waals surface area contributed by atoms with Crippen molar-refractivity contribution in [1.82, 2.24) is 15.5 Å². The van der Waals surface area contributed by atoms with Crippen molar-refractivity contribution >= 4 is 58.5 Å². The smallest absolute Gasteiger partial charge is 0.353 e. The Morgan fingerprint density at radius 2 is 1.67 bits per heavy atom. The monoisotopic (exact) mass is 604 g/mol. The molecule has 0 aliphatic carbocycles. The molecule has 0 saturated carbocycles. The lowest BCUT2D eigenvalue weighted by atomic mass is 10.0. The molecule has 3 rings (SSSR count). The number of hydrogen-bond acceptors (Lipinski definition) is 3. The number of nitrogens with one attached hydrogen (secondary N) is 3. The first-order valence-corrected chi connectivity index (χ1v) is 13.7. The van der Waals surface area contributed by atoms with E-state index in [2.05, 4.69) is 20.9 Å². The number of likely N-dealkylation sites (tertiary alicyclic amines) is 1. The van der Waals surface area contributed by atoms with Crippen LogP contribution >= 0.6 is 34.8 Å². The Hall–Kier alpha value is -2.46. The number of amides is 3. The Balaban J connectivity index is 1.26. The second-order valence-corrected chi connectivity index (χ2v) is 10.5. The highest BCUT2D eigenvalue weighted by Crippen LogP contribution is 2.36. The van der Waals surface area contributed by atoms with Crippen LogP contribution in [-0.4, -0.2) is 49.1 Å². The fraction of sp³-hybridized carbons (Fsp3) is 0.407. The lowest BCUT2D eigenvalue weighted by molar-refractivity contribution is -0.137. The van der Waals surface area contributed by atoms with Gasteiger partial charge >= 0.3 is 12.2 Å². The minimum atomic E-state index is -4.60. The Morgan fingerprint density at radius 3 is 2.36 bits per heavy atom. The Labute approximate surface area is 240 Å². The van der Waals surface area contributed by atoms with E-state index in [1.807, 2.05) is 0 Å². The lowest BCUT2D eigenvalue weighted by Gasteiger charge is -2.32. The van der Waals surface area contributed by atoms with Crippen LogP contribution < -0.4 is 16.0 Å². The van der Waals surface area contributed by atoms with Gasteiger partial charge in [0.25, 0.3) is 0 Å². The van der Waals surface area contributed by atoms with Crippen LogP contribution in [0.25, 0.3) is 6.08 Å². The normalized spacial score (nSPS) is 14.9. The first-order valence-electron chi connectivity index (χ1n) is 12.6. The van der Waals surface area contributed by atoms with Crippen LogP contribution in [0.1, 0.15) is 43.2 Å². The number of piperidine rings is 1. The van der Waals surface area contributed by atoms with Crippen LogP contribution in [0, 0.1) is 0 Å². The highest BCUT2D eigenvalue weighted by atomic mass is 35.5. The quantitative estimate of drug-likeness (QED) is 0.197. The molecule has 1 saturated heterocycles. The van der Waals surface area contributed by atoms with Gasteiger partial charge < -0.3 is 20.9 Å². The fourth-order valence-electron chi connectivity index (χ4n) is 4.17. The van der Waals surface area contributed by atoms with E-state index in [-0.39, 0.29) is 17.6 Å². The van der Waals surface area contributed by atoms with Crippen molar-refractivity contribution in [2.45, 2.75) is 44.3 Å². The summed E-state index contributed by atoms with van der Waals surface area (Å²) < 4.78 is 39.0. The first kappa shape index (κ1) is 31.1. The first-order chi connectivity index (χ1) is 18.5. The third-order valence-corrected chi connectivity index (χ3v) is 7.34. The van der Waals surface area contributed by atoms with E-state index in [4.69, 9.17) is 34.8 Å². The summed E-state index contributed by atoms with van der Waals surface area (Å²) in [6, 6.07) is 7.83. The molecule has 0 bridgehead atoms. The topological polar surface area (TPSA) is 73.5 Å². The summed E-state index contributed by atoms with van der Waals surface area (Å²) in [5, 5.41) is 8.63.